The largest absolute Gasteiger partial charge is 0.0991 e. The lowest BCUT2D eigenvalue weighted by Crippen LogP contribution is -1.84. The maximum atomic E-state index is 3.69. The summed E-state index contributed by atoms with van der Waals surface area (Å²) in [5.74, 6) is 0.625. The summed E-state index contributed by atoms with van der Waals surface area (Å²) in [5.41, 5.74) is 1.15. The van der Waals surface area contributed by atoms with E-state index in [0.29, 0.717) is 5.92 Å². The topological polar surface area (TPSA) is 0 Å². The lowest BCUT2D eigenvalue weighted by atomic mass is 10.1. The molecule has 0 heteroatoms. The Labute approximate surface area is 88.0 Å². The van der Waals surface area contributed by atoms with Gasteiger partial charge in [-0.2, -0.15) is 0 Å². The standard InChI is InChI=1S/C14H20/c1-5-8-10-14(9-6-2)12-11-13(4)7-3/h5-6,8-13H,1-2,7H2,3-4H3/b10-8-,12-11+,14-9+. The first-order valence-electron chi connectivity index (χ1n) is 5.04. The molecule has 0 saturated heterocycles. The van der Waals surface area contributed by atoms with Crippen LogP contribution >= 0.6 is 0 Å². The van der Waals surface area contributed by atoms with Crippen LogP contribution in [0, 0.1) is 5.92 Å². The monoisotopic (exact) mass is 188 g/mol. The summed E-state index contributed by atoms with van der Waals surface area (Å²) < 4.78 is 0. The molecule has 0 aliphatic carbocycles. The van der Waals surface area contributed by atoms with Crippen LogP contribution in [0.3, 0.4) is 0 Å². The fourth-order valence-electron chi connectivity index (χ4n) is 0.893. The SMILES string of the molecule is C=C\C=C/C(=C\C=C)/C=C/C(C)CC. The summed E-state index contributed by atoms with van der Waals surface area (Å²) in [4.78, 5) is 0. The van der Waals surface area contributed by atoms with Crippen LogP contribution in [0.5, 0.6) is 0 Å². The van der Waals surface area contributed by atoms with E-state index in [1.54, 1.807) is 12.2 Å². The van der Waals surface area contributed by atoms with Gasteiger partial charge >= 0.3 is 0 Å². The van der Waals surface area contributed by atoms with E-state index >= 15 is 0 Å². The molecule has 0 fully saturated rings. The predicted molar refractivity (Wildman–Crippen MR) is 66.2 cm³/mol. The van der Waals surface area contributed by atoms with Gasteiger partial charge in [0.1, 0.15) is 0 Å². The van der Waals surface area contributed by atoms with Crippen LogP contribution in [0.15, 0.2) is 61.3 Å². The molecule has 0 amide bonds. The summed E-state index contributed by atoms with van der Waals surface area (Å²) in [7, 11) is 0. The fraction of sp³-hybridized carbons (Fsp3) is 0.286. The van der Waals surface area contributed by atoms with E-state index in [-0.39, 0.29) is 0 Å². The van der Waals surface area contributed by atoms with Gasteiger partial charge in [-0.3, -0.25) is 0 Å². The number of rotatable bonds is 6. The molecule has 0 heterocycles. The van der Waals surface area contributed by atoms with Crippen molar-refractivity contribution in [1.82, 2.24) is 0 Å². The fourth-order valence-corrected chi connectivity index (χ4v) is 0.893. The minimum Gasteiger partial charge on any atom is -0.0991 e. The second-order valence-corrected chi connectivity index (χ2v) is 3.24. The molecular formula is C14H20. The molecule has 0 N–H and O–H groups in total. The summed E-state index contributed by atoms with van der Waals surface area (Å²) in [6.07, 6.45) is 15.0. The van der Waals surface area contributed by atoms with Crippen molar-refractivity contribution in [3.8, 4) is 0 Å². The van der Waals surface area contributed by atoms with Crippen LogP contribution in [-0.4, -0.2) is 0 Å². The first kappa shape index (κ1) is 12.7. The lowest BCUT2D eigenvalue weighted by molar-refractivity contribution is 0.698. The molecule has 0 bridgehead atoms. The molecule has 14 heavy (non-hydrogen) atoms. The van der Waals surface area contributed by atoms with E-state index in [1.165, 1.54) is 6.42 Å². The van der Waals surface area contributed by atoms with Gasteiger partial charge in [0.05, 0.1) is 0 Å². The van der Waals surface area contributed by atoms with Crippen LogP contribution in [0.2, 0.25) is 0 Å². The second-order valence-electron chi connectivity index (χ2n) is 3.24. The molecule has 0 aliphatic heterocycles. The average molecular weight is 188 g/mol. The molecular weight excluding hydrogens is 168 g/mol. The zero-order valence-electron chi connectivity index (χ0n) is 9.24. The molecule has 76 valence electrons. The third-order valence-electron chi connectivity index (χ3n) is 2.00. The lowest BCUT2D eigenvalue weighted by Gasteiger charge is -1.99. The van der Waals surface area contributed by atoms with Crippen molar-refractivity contribution in [2.75, 3.05) is 0 Å². The van der Waals surface area contributed by atoms with Gasteiger partial charge in [0.2, 0.25) is 0 Å². The highest BCUT2D eigenvalue weighted by Gasteiger charge is 1.90. The van der Waals surface area contributed by atoms with Crippen LogP contribution < -0.4 is 0 Å². The average Bonchev–Trinajstić information content (AvgIpc) is 2.21. The minimum absolute atomic E-state index is 0.625. The summed E-state index contributed by atoms with van der Waals surface area (Å²) in [6.45, 7) is 11.7. The molecule has 0 saturated carbocycles. The van der Waals surface area contributed by atoms with Gasteiger partial charge in [-0.25, -0.2) is 0 Å². The van der Waals surface area contributed by atoms with Gasteiger partial charge in [-0.05, 0) is 11.5 Å². The van der Waals surface area contributed by atoms with E-state index in [4.69, 9.17) is 0 Å². The van der Waals surface area contributed by atoms with Crippen molar-refractivity contribution in [3.63, 3.8) is 0 Å². The Morgan fingerprint density at radius 2 is 1.93 bits per heavy atom. The smallest absolute Gasteiger partial charge is 0.0260 e. The Bertz CT molecular complexity index is 251. The van der Waals surface area contributed by atoms with Crippen LogP contribution in [-0.2, 0) is 0 Å². The molecule has 0 rings (SSSR count). The second kappa shape index (κ2) is 8.31. The zero-order valence-corrected chi connectivity index (χ0v) is 9.24. The Morgan fingerprint density at radius 1 is 1.21 bits per heavy atom. The molecule has 0 aromatic rings. The zero-order chi connectivity index (χ0) is 10.8. The first-order chi connectivity index (χ1) is 6.74. The van der Waals surface area contributed by atoms with Gasteiger partial charge < -0.3 is 0 Å². The highest BCUT2D eigenvalue weighted by Crippen LogP contribution is 2.07. The van der Waals surface area contributed by atoms with E-state index < -0.39 is 0 Å². The van der Waals surface area contributed by atoms with E-state index in [9.17, 15) is 0 Å². The maximum absolute atomic E-state index is 3.69. The summed E-state index contributed by atoms with van der Waals surface area (Å²) in [6, 6.07) is 0. The van der Waals surface area contributed by atoms with E-state index in [1.807, 2.05) is 18.2 Å². The van der Waals surface area contributed by atoms with E-state index in [2.05, 4.69) is 39.2 Å². The van der Waals surface area contributed by atoms with Gasteiger partial charge in [-0.1, -0.05) is 76.0 Å². The van der Waals surface area contributed by atoms with Gasteiger partial charge in [0, 0.05) is 0 Å². The van der Waals surface area contributed by atoms with Gasteiger partial charge in [0.25, 0.3) is 0 Å². The third kappa shape index (κ3) is 6.24. The Kier molecular flexibility index (Phi) is 7.53. The Morgan fingerprint density at radius 3 is 2.43 bits per heavy atom. The van der Waals surface area contributed by atoms with Crippen LogP contribution in [0.4, 0.5) is 0 Å². The van der Waals surface area contributed by atoms with Crippen molar-refractivity contribution in [1.29, 1.82) is 0 Å². The molecule has 1 atom stereocenters. The summed E-state index contributed by atoms with van der Waals surface area (Å²) in [5, 5.41) is 0. The molecule has 0 aliphatic rings. The molecule has 0 spiro atoms. The van der Waals surface area contributed by atoms with Crippen molar-refractivity contribution >= 4 is 0 Å². The third-order valence-corrected chi connectivity index (χ3v) is 2.00. The van der Waals surface area contributed by atoms with Crippen molar-refractivity contribution in [3.05, 3.63) is 61.3 Å². The maximum Gasteiger partial charge on any atom is -0.0260 e. The van der Waals surface area contributed by atoms with Crippen molar-refractivity contribution in [2.24, 2.45) is 5.92 Å². The van der Waals surface area contributed by atoms with Crippen molar-refractivity contribution < 1.29 is 0 Å². The molecule has 0 aromatic heterocycles. The molecule has 0 radical (unpaired) electrons. The molecule has 0 nitrogen and oxygen atoms in total. The number of hydrogen-bond acceptors (Lipinski definition) is 0. The number of allylic oxidation sites excluding steroid dienone is 8. The summed E-state index contributed by atoms with van der Waals surface area (Å²) >= 11 is 0. The predicted octanol–water partition coefficient (Wildman–Crippen LogP) is 4.44. The molecule has 1 unspecified atom stereocenters. The van der Waals surface area contributed by atoms with Gasteiger partial charge in [-0.15, -0.1) is 0 Å². The highest BCUT2D eigenvalue weighted by molar-refractivity contribution is 5.34. The number of hydrogen-bond donors (Lipinski definition) is 0. The van der Waals surface area contributed by atoms with Crippen molar-refractivity contribution in [2.45, 2.75) is 20.3 Å². The normalized spacial score (nSPS) is 14.9. The molecule has 0 aromatic carbocycles. The van der Waals surface area contributed by atoms with E-state index in [0.717, 1.165) is 5.57 Å². The minimum atomic E-state index is 0.625. The Hall–Kier alpha value is -1.30. The van der Waals surface area contributed by atoms with Crippen LogP contribution in [0.25, 0.3) is 0 Å². The Balaban J connectivity index is 4.45. The highest BCUT2D eigenvalue weighted by atomic mass is 14.0. The first-order valence-corrected chi connectivity index (χ1v) is 5.04. The van der Waals surface area contributed by atoms with Gasteiger partial charge in [0.15, 0.2) is 0 Å². The van der Waals surface area contributed by atoms with Crippen LogP contribution in [0.1, 0.15) is 20.3 Å². The quantitative estimate of drug-likeness (QED) is 0.540.